The minimum atomic E-state index is -0.589. The number of amides is 2. The number of hydrogen-bond donors (Lipinski definition) is 2. The predicted molar refractivity (Wildman–Crippen MR) is 125 cm³/mol. The van der Waals surface area contributed by atoms with Gasteiger partial charge in [0.15, 0.2) is 11.0 Å². The van der Waals surface area contributed by atoms with Crippen LogP contribution < -0.4 is 15.4 Å². The molecule has 0 radical (unpaired) electrons. The average Bonchev–Trinajstić information content (AvgIpc) is 3.22. The molecule has 0 aliphatic heterocycles. The zero-order chi connectivity index (χ0) is 23.8. The Bertz CT molecular complexity index is 1100. The fourth-order valence-electron chi connectivity index (χ4n) is 3.14. The van der Waals surface area contributed by atoms with Gasteiger partial charge in [-0.05, 0) is 57.2 Å². The molecule has 8 nitrogen and oxygen atoms in total. The number of nitrogens with zero attached hydrogens (tertiary/aromatic N) is 3. The highest BCUT2D eigenvalue weighted by molar-refractivity contribution is 7.99. The highest BCUT2D eigenvalue weighted by Gasteiger charge is 2.21. The SMILES string of the molecule is CCOc1ccc(NC(=O)CSc2nnc(C(C)NC(=O)c3ccccc3F)n2CC)cc1. The third-order valence-corrected chi connectivity index (χ3v) is 5.66. The molecule has 0 saturated heterocycles. The van der Waals surface area contributed by atoms with Gasteiger partial charge in [0.05, 0.1) is 24.0 Å². The molecule has 0 spiro atoms. The van der Waals surface area contributed by atoms with Crippen LogP contribution in [0.15, 0.2) is 53.7 Å². The van der Waals surface area contributed by atoms with Crippen LogP contribution in [0.2, 0.25) is 0 Å². The van der Waals surface area contributed by atoms with E-state index in [2.05, 4.69) is 20.8 Å². The standard InChI is InChI=1S/C23H26FN5O3S/c1-4-29-21(15(3)25-22(31)18-8-6-7-9-19(18)24)27-28-23(29)33-14-20(30)26-16-10-12-17(13-11-16)32-5-2/h6-13,15H,4-5,14H2,1-3H3,(H,25,31)(H,26,30). The second kappa shape index (κ2) is 11.5. The molecule has 1 unspecified atom stereocenters. The monoisotopic (exact) mass is 471 g/mol. The van der Waals surface area contributed by atoms with Gasteiger partial charge in [-0.2, -0.15) is 0 Å². The van der Waals surface area contributed by atoms with Crippen LogP contribution in [-0.2, 0) is 11.3 Å². The normalized spacial score (nSPS) is 11.6. The van der Waals surface area contributed by atoms with Crippen LogP contribution >= 0.6 is 11.8 Å². The first-order valence-corrected chi connectivity index (χ1v) is 11.6. The molecule has 10 heteroatoms. The molecule has 1 aromatic heterocycles. The van der Waals surface area contributed by atoms with Crippen LogP contribution in [0.25, 0.3) is 0 Å². The van der Waals surface area contributed by atoms with Crippen molar-refractivity contribution in [2.75, 3.05) is 17.7 Å². The van der Waals surface area contributed by atoms with E-state index in [9.17, 15) is 14.0 Å². The molecule has 2 amide bonds. The lowest BCUT2D eigenvalue weighted by Gasteiger charge is -2.15. The average molecular weight is 472 g/mol. The van der Waals surface area contributed by atoms with Crippen molar-refractivity contribution in [1.82, 2.24) is 20.1 Å². The third kappa shape index (κ3) is 6.32. The van der Waals surface area contributed by atoms with Gasteiger partial charge in [0, 0.05) is 12.2 Å². The third-order valence-electron chi connectivity index (χ3n) is 4.70. The zero-order valence-electron chi connectivity index (χ0n) is 18.7. The maximum atomic E-state index is 13.9. The van der Waals surface area contributed by atoms with E-state index in [1.807, 2.05) is 18.4 Å². The Balaban J connectivity index is 1.59. The molecule has 0 aliphatic carbocycles. The van der Waals surface area contributed by atoms with Crippen LogP contribution in [0.4, 0.5) is 10.1 Å². The van der Waals surface area contributed by atoms with Crippen molar-refractivity contribution in [2.24, 2.45) is 0 Å². The highest BCUT2D eigenvalue weighted by atomic mass is 32.2. The summed E-state index contributed by atoms with van der Waals surface area (Å²) in [6, 6.07) is 12.4. The number of carbonyl (C=O) groups is 2. The Morgan fingerprint density at radius 2 is 1.85 bits per heavy atom. The molecule has 2 N–H and O–H groups in total. The van der Waals surface area contributed by atoms with Gasteiger partial charge < -0.3 is 19.9 Å². The molecule has 0 aliphatic rings. The number of rotatable bonds is 10. The van der Waals surface area contributed by atoms with E-state index < -0.39 is 17.8 Å². The van der Waals surface area contributed by atoms with E-state index in [-0.39, 0.29) is 17.2 Å². The first-order valence-electron chi connectivity index (χ1n) is 10.6. The fraction of sp³-hybridized carbons (Fsp3) is 0.304. The molecule has 0 fully saturated rings. The van der Waals surface area contributed by atoms with Gasteiger partial charge in [0.25, 0.3) is 5.91 Å². The van der Waals surface area contributed by atoms with Gasteiger partial charge in [0.1, 0.15) is 11.6 Å². The van der Waals surface area contributed by atoms with E-state index in [4.69, 9.17) is 4.74 Å². The number of ether oxygens (including phenoxy) is 1. The number of aromatic nitrogens is 3. The smallest absolute Gasteiger partial charge is 0.254 e. The van der Waals surface area contributed by atoms with Gasteiger partial charge in [-0.3, -0.25) is 9.59 Å². The Labute approximate surface area is 195 Å². The maximum Gasteiger partial charge on any atom is 0.254 e. The largest absolute Gasteiger partial charge is 0.494 e. The van der Waals surface area contributed by atoms with Gasteiger partial charge in [-0.25, -0.2) is 4.39 Å². The van der Waals surface area contributed by atoms with Crippen LogP contribution in [0, 0.1) is 5.82 Å². The van der Waals surface area contributed by atoms with Crippen LogP contribution in [0.5, 0.6) is 5.75 Å². The minimum Gasteiger partial charge on any atom is -0.494 e. The van der Waals surface area contributed by atoms with Gasteiger partial charge >= 0.3 is 0 Å². The molecule has 1 heterocycles. The maximum absolute atomic E-state index is 13.9. The summed E-state index contributed by atoms with van der Waals surface area (Å²) in [5.41, 5.74) is 0.638. The van der Waals surface area contributed by atoms with Crippen molar-refractivity contribution in [3.05, 3.63) is 65.7 Å². The van der Waals surface area contributed by atoms with Crippen LogP contribution in [-0.4, -0.2) is 38.9 Å². The van der Waals surface area contributed by atoms with E-state index in [0.29, 0.717) is 29.8 Å². The lowest BCUT2D eigenvalue weighted by atomic mass is 10.2. The van der Waals surface area contributed by atoms with E-state index in [0.717, 1.165) is 5.75 Å². The van der Waals surface area contributed by atoms with Crippen molar-refractivity contribution >= 4 is 29.3 Å². The van der Waals surface area contributed by atoms with E-state index >= 15 is 0 Å². The number of benzene rings is 2. The molecule has 33 heavy (non-hydrogen) atoms. The minimum absolute atomic E-state index is 0.0347. The lowest BCUT2D eigenvalue weighted by molar-refractivity contribution is -0.113. The first-order chi connectivity index (χ1) is 15.9. The van der Waals surface area contributed by atoms with Crippen molar-refractivity contribution in [2.45, 2.75) is 38.5 Å². The molecular weight excluding hydrogens is 445 g/mol. The second-order valence-corrected chi connectivity index (χ2v) is 8.00. The van der Waals surface area contributed by atoms with E-state index in [1.165, 1.54) is 30.0 Å². The van der Waals surface area contributed by atoms with Crippen molar-refractivity contribution < 1.29 is 18.7 Å². The predicted octanol–water partition coefficient (Wildman–Crippen LogP) is 4.06. The summed E-state index contributed by atoms with van der Waals surface area (Å²) in [6.07, 6.45) is 0. The van der Waals surface area contributed by atoms with E-state index in [1.54, 1.807) is 37.3 Å². The molecule has 3 rings (SSSR count). The summed E-state index contributed by atoms with van der Waals surface area (Å²) in [7, 11) is 0. The van der Waals surface area contributed by atoms with Crippen LogP contribution in [0.1, 0.15) is 43.0 Å². The second-order valence-electron chi connectivity index (χ2n) is 7.05. The summed E-state index contributed by atoms with van der Waals surface area (Å²) in [5.74, 6) is 0.101. The molecular formula is C23H26FN5O3S. The highest BCUT2D eigenvalue weighted by Crippen LogP contribution is 2.22. The van der Waals surface area contributed by atoms with Crippen LogP contribution in [0.3, 0.4) is 0 Å². The Morgan fingerprint density at radius 3 is 2.52 bits per heavy atom. The molecule has 174 valence electrons. The summed E-state index contributed by atoms with van der Waals surface area (Å²) >= 11 is 1.25. The van der Waals surface area contributed by atoms with Gasteiger partial charge in [0.2, 0.25) is 5.91 Å². The van der Waals surface area contributed by atoms with Gasteiger partial charge in [-0.15, -0.1) is 10.2 Å². The number of nitrogens with one attached hydrogen (secondary N) is 2. The number of hydrogen-bond acceptors (Lipinski definition) is 6. The van der Waals surface area contributed by atoms with Crippen molar-refractivity contribution in [3.63, 3.8) is 0 Å². The molecule has 1 atom stereocenters. The molecule has 3 aromatic rings. The molecule has 0 bridgehead atoms. The first kappa shape index (κ1) is 24.2. The summed E-state index contributed by atoms with van der Waals surface area (Å²) < 4.78 is 21.1. The molecule has 2 aromatic carbocycles. The fourth-order valence-corrected chi connectivity index (χ4v) is 3.95. The Hall–Kier alpha value is -3.40. The number of anilines is 1. The summed E-state index contributed by atoms with van der Waals surface area (Å²) in [4.78, 5) is 24.8. The summed E-state index contributed by atoms with van der Waals surface area (Å²) in [5, 5.41) is 14.5. The number of thioether (sulfide) groups is 1. The van der Waals surface area contributed by atoms with Crippen molar-refractivity contribution in [1.29, 1.82) is 0 Å². The quantitative estimate of drug-likeness (QED) is 0.433. The topological polar surface area (TPSA) is 98.1 Å². The molecule has 0 saturated carbocycles. The van der Waals surface area contributed by atoms with Crippen molar-refractivity contribution in [3.8, 4) is 5.75 Å². The Kier molecular flexibility index (Phi) is 8.42. The lowest BCUT2D eigenvalue weighted by Crippen LogP contribution is -2.29. The number of carbonyl (C=O) groups excluding carboxylic acids is 2. The Morgan fingerprint density at radius 1 is 1.12 bits per heavy atom. The van der Waals surface area contributed by atoms with Gasteiger partial charge in [-0.1, -0.05) is 23.9 Å². The summed E-state index contributed by atoms with van der Waals surface area (Å²) in [6.45, 7) is 6.70. The zero-order valence-corrected chi connectivity index (χ0v) is 19.5. The number of halogens is 1.